The smallest absolute Gasteiger partial charge is 0.163 e. The van der Waals surface area contributed by atoms with E-state index in [0.29, 0.717) is 0 Å². The Morgan fingerprint density at radius 3 is 1.74 bits per heavy atom. The van der Waals surface area contributed by atoms with Gasteiger partial charge in [0.2, 0.25) is 0 Å². The van der Waals surface area contributed by atoms with E-state index < -0.39 is 0 Å². The molecule has 2 rings (SSSR count). The SMILES string of the molecule is O=C(C=Cc1cccs1)CC(=O)C=Cc1cccs1. The van der Waals surface area contributed by atoms with Gasteiger partial charge >= 0.3 is 0 Å². The van der Waals surface area contributed by atoms with Crippen molar-refractivity contribution in [1.29, 1.82) is 0 Å². The lowest BCUT2D eigenvalue weighted by Crippen LogP contribution is -2.01. The Bertz CT molecular complexity index is 536. The molecule has 0 fully saturated rings. The van der Waals surface area contributed by atoms with E-state index in [2.05, 4.69) is 0 Å². The lowest BCUT2D eigenvalue weighted by molar-refractivity contribution is -0.121. The monoisotopic (exact) mass is 288 g/mol. The van der Waals surface area contributed by atoms with Gasteiger partial charge < -0.3 is 0 Å². The van der Waals surface area contributed by atoms with E-state index in [1.54, 1.807) is 34.8 Å². The summed E-state index contributed by atoms with van der Waals surface area (Å²) >= 11 is 3.11. The van der Waals surface area contributed by atoms with Crippen molar-refractivity contribution in [2.45, 2.75) is 6.42 Å². The average Bonchev–Trinajstić information content (AvgIpc) is 3.07. The number of hydrogen-bond acceptors (Lipinski definition) is 4. The third-order valence-electron chi connectivity index (χ3n) is 2.30. The molecule has 2 heterocycles. The first-order chi connectivity index (χ1) is 9.24. The normalized spacial score (nSPS) is 11.4. The van der Waals surface area contributed by atoms with E-state index in [1.807, 2.05) is 35.0 Å². The second-order valence-corrected chi connectivity index (χ2v) is 5.77. The Hall–Kier alpha value is -1.78. The maximum atomic E-state index is 11.6. The molecule has 4 heteroatoms. The quantitative estimate of drug-likeness (QED) is 0.593. The van der Waals surface area contributed by atoms with Crippen molar-refractivity contribution in [3.05, 3.63) is 56.9 Å². The van der Waals surface area contributed by atoms with Crippen LogP contribution in [0.25, 0.3) is 12.2 Å². The lowest BCUT2D eigenvalue weighted by Gasteiger charge is -1.90. The Labute approximate surface area is 119 Å². The molecule has 0 radical (unpaired) electrons. The fraction of sp³-hybridized carbons (Fsp3) is 0.0667. The zero-order chi connectivity index (χ0) is 13.5. The minimum atomic E-state index is -0.172. The molecule has 19 heavy (non-hydrogen) atoms. The van der Waals surface area contributed by atoms with Gasteiger partial charge in [-0.25, -0.2) is 0 Å². The standard InChI is InChI=1S/C15H12O2S2/c16-12(5-7-14-3-1-9-18-14)11-13(17)6-8-15-4-2-10-19-15/h1-10H,11H2. The maximum absolute atomic E-state index is 11.6. The molecule has 0 aliphatic carbocycles. The molecular formula is C15H12O2S2. The van der Waals surface area contributed by atoms with Crippen molar-refractivity contribution in [3.8, 4) is 0 Å². The lowest BCUT2D eigenvalue weighted by atomic mass is 10.1. The molecule has 0 spiro atoms. The van der Waals surface area contributed by atoms with Crippen molar-refractivity contribution in [2.24, 2.45) is 0 Å². The summed E-state index contributed by atoms with van der Waals surface area (Å²) in [6.07, 6.45) is 6.32. The highest BCUT2D eigenvalue weighted by atomic mass is 32.1. The van der Waals surface area contributed by atoms with Crippen LogP contribution in [-0.2, 0) is 9.59 Å². The van der Waals surface area contributed by atoms with Crippen molar-refractivity contribution in [1.82, 2.24) is 0 Å². The molecule has 0 aromatic carbocycles. The van der Waals surface area contributed by atoms with Crippen molar-refractivity contribution in [2.75, 3.05) is 0 Å². The molecule has 2 nitrogen and oxygen atoms in total. The van der Waals surface area contributed by atoms with E-state index in [1.165, 1.54) is 12.2 Å². The summed E-state index contributed by atoms with van der Waals surface area (Å²) in [4.78, 5) is 25.2. The number of hydrogen-bond donors (Lipinski definition) is 0. The Morgan fingerprint density at radius 2 is 1.37 bits per heavy atom. The van der Waals surface area contributed by atoms with Gasteiger partial charge in [0.25, 0.3) is 0 Å². The van der Waals surface area contributed by atoms with E-state index in [0.717, 1.165) is 9.75 Å². The molecule has 0 aliphatic heterocycles. The average molecular weight is 288 g/mol. The van der Waals surface area contributed by atoms with Crippen LogP contribution in [0.2, 0.25) is 0 Å². The molecule has 0 bridgehead atoms. The van der Waals surface area contributed by atoms with E-state index >= 15 is 0 Å². The molecule has 2 aromatic heterocycles. The summed E-state index contributed by atoms with van der Waals surface area (Å²) in [5.41, 5.74) is 0. The minimum absolute atomic E-state index is 0.0796. The Balaban J connectivity index is 1.83. The van der Waals surface area contributed by atoms with Crippen LogP contribution in [0.15, 0.2) is 47.2 Å². The highest BCUT2D eigenvalue weighted by Crippen LogP contribution is 2.11. The van der Waals surface area contributed by atoms with Crippen molar-refractivity contribution >= 4 is 46.4 Å². The topological polar surface area (TPSA) is 34.1 Å². The first-order valence-corrected chi connectivity index (χ1v) is 7.49. The van der Waals surface area contributed by atoms with Crippen LogP contribution < -0.4 is 0 Å². The summed E-state index contributed by atoms with van der Waals surface area (Å²) in [6, 6.07) is 7.69. The number of carbonyl (C=O) groups excluding carboxylic acids is 2. The molecule has 0 amide bonds. The van der Waals surface area contributed by atoms with Gasteiger partial charge in [-0.3, -0.25) is 9.59 Å². The Kier molecular flexibility index (Phi) is 5.01. The number of allylic oxidation sites excluding steroid dienone is 2. The van der Waals surface area contributed by atoms with Gasteiger partial charge in [-0.2, -0.15) is 0 Å². The molecule has 0 unspecified atom stereocenters. The van der Waals surface area contributed by atoms with E-state index in [-0.39, 0.29) is 18.0 Å². The summed E-state index contributed by atoms with van der Waals surface area (Å²) in [5, 5.41) is 3.89. The van der Waals surface area contributed by atoms with E-state index in [9.17, 15) is 9.59 Å². The largest absolute Gasteiger partial charge is 0.294 e. The van der Waals surface area contributed by atoms with Crippen molar-refractivity contribution < 1.29 is 9.59 Å². The fourth-order valence-electron chi connectivity index (χ4n) is 1.41. The third kappa shape index (κ3) is 4.77. The van der Waals surface area contributed by atoms with Gasteiger partial charge in [0.15, 0.2) is 11.6 Å². The zero-order valence-electron chi connectivity index (χ0n) is 10.1. The molecule has 0 atom stereocenters. The van der Waals surface area contributed by atoms with Crippen LogP contribution in [-0.4, -0.2) is 11.6 Å². The van der Waals surface area contributed by atoms with Crippen LogP contribution >= 0.6 is 22.7 Å². The van der Waals surface area contributed by atoms with Gasteiger partial charge in [0.05, 0.1) is 6.42 Å². The van der Waals surface area contributed by atoms with Gasteiger partial charge in [0, 0.05) is 9.75 Å². The summed E-state index contributed by atoms with van der Waals surface area (Å²) in [6.45, 7) is 0. The molecular weight excluding hydrogens is 276 g/mol. The van der Waals surface area contributed by atoms with E-state index in [4.69, 9.17) is 0 Å². The molecule has 0 aliphatic rings. The predicted octanol–water partition coefficient (Wildman–Crippen LogP) is 4.06. The number of rotatable bonds is 6. The second kappa shape index (κ2) is 6.97. The highest BCUT2D eigenvalue weighted by molar-refractivity contribution is 7.11. The van der Waals surface area contributed by atoms with Gasteiger partial charge in [0.1, 0.15) is 0 Å². The molecule has 0 N–H and O–H groups in total. The van der Waals surface area contributed by atoms with Gasteiger partial charge in [-0.1, -0.05) is 12.1 Å². The first-order valence-electron chi connectivity index (χ1n) is 5.73. The van der Waals surface area contributed by atoms with Crippen LogP contribution in [0.1, 0.15) is 16.2 Å². The zero-order valence-corrected chi connectivity index (χ0v) is 11.7. The number of ketones is 2. The third-order valence-corrected chi connectivity index (χ3v) is 3.98. The van der Waals surface area contributed by atoms with Gasteiger partial charge in [-0.15, -0.1) is 22.7 Å². The maximum Gasteiger partial charge on any atom is 0.163 e. The van der Waals surface area contributed by atoms with Crippen LogP contribution in [0.5, 0.6) is 0 Å². The predicted molar refractivity (Wildman–Crippen MR) is 81.3 cm³/mol. The molecule has 96 valence electrons. The van der Waals surface area contributed by atoms with Crippen LogP contribution in [0.3, 0.4) is 0 Å². The fourth-order valence-corrected chi connectivity index (χ4v) is 2.65. The first kappa shape index (κ1) is 13.6. The minimum Gasteiger partial charge on any atom is -0.294 e. The summed E-state index contributed by atoms with van der Waals surface area (Å²) in [7, 11) is 0. The van der Waals surface area contributed by atoms with Crippen LogP contribution in [0, 0.1) is 0 Å². The second-order valence-electron chi connectivity index (χ2n) is 3.81. The molecule has 0 saturated heterocycles. The molecule has 0 saturated carbocycles. The van der Waals surface area contributed by atoms with Crippen LogP contribution in [0.4, 0.5) is 0 Å². The number of thiophene rings is 2. The van der Waals surface area contributed by atoms with Crippen molar-refractivity contribution in [3.63, 3.8) is 0 Å². The molecule has 2 aromatic rings. The number of carbonyl (C=O) groups is 2. The Morgan fingerprint density at radius 1 is 0.895 bits per heavy atom. The summed E-state index contributed by atoms with van der Waals surface area (Å²) in [5.74, 6) is -0.344. The summed E-state index contributed by atoms with van der Waals surface area (Å²) < 4.78 is 0. The highest BCUT2D eigenvalue weighted by Gasteiger charge is 2.03. The van der Waals surface area contributed by atoms with Gasteiger partial charge in [-0.05, 0) is 47.2 Å².